The van der Waals surface area contributed by atoms with E-state index in [1.165, 1.54) is 10.9 Å². The van der Waals surface area contributed by atoms with Crippen LogP contribution in [0.1, 0.15) is 0 Å². The molecule has 0 unspecified atom stereocenters. The Morgan fingerprint density at radius 2 is 1.86 bits per heavy atom. The highest BCUT2D eigenvalue weighted by atomic mass is 16.5. The lowest BCUT2D eigenvalue weighted by Gasteiger charge is -2.10. The van der Waals surface area contributed by atoms with Gasteiger partial charge in [-0.1, -0.05) is 18.2 Å². The molecule has 0 fully saturated rings. The molecule has 0 atom stereocenters. The average molecular weight is 286 g/mol. The Morgan fingerprint density at radius 1 is 0.909 bits per heavy atom. The minimum absolute atomic E-state index is 0.796. The fraction of sp³-hybridized carbons (Fsp3) is 0.0526. The number of hydrogen-bond donors (Lipinski definition) is 0. The zero-order valence-electron chi connectivity index (χ0n) is 12.2. The molecular weight excluding hydrogens is 272 g/mol. The van der Waals surface area contributed by atoms with Gasteiger partial charge in [0.25, 0.3) is 0 Å². The van der Waals surface area contributed by atoms with Crippen molar-refractivity contribution in [2.75, 3.05) is 7.11 Å². The minimum Gasteiger partial charge on any atom is -0.494 e. The van der Waals surface area contributed by atoms with Crippen molar-refractivity contribution < 1.29 is 4.74 Å². The summed E-state index contributed by atoms with van der Waals surface area (Å²) in [5, 5.41) is 3.41. The SMILES string of the molecule is COc1ccc(-c2ccc3cnccc3c2)c2cccnc12. The molecule has 2 heterocycles. The molecule has 0 bridgehead atoms. The lowest BCUT2D eigenvalue weighted by Crippen LogP contribution is -1.90. The van der Waals surface area contributed by atoms with Crippen molar-refractivity contribution >= 4 is 21.7 Å². The lowest BCUT2D eigenvalue weighted by atomic mass is 9.98. The second-order valence-electron chi connectivity index (χ2n) is 5.15. The van der Waals surface area contributed by atoms with Gasteiger partial charge in [-0.05, 0) is 46.8 Å². The largest absolute Gasteiger partial charge is 0.494 e. The van der Waals surface area contributed by atoms with Crippen LogP contribution >= 0.6 is 0 Å². The van der Waals surface area contributed by atoms with E-state index < -0.39 is 0 Å². The summed E-state index contributed by atoms with van der Waals surface area (Å²) < 4.78 is 5.42. The van der Waals surface area contributed by atoms with Crippen molar-refractivity contribution in [2.45, 2.75) is 0 Å². The van der Waals surface area contributed by atoms with E-state index in [2.05, 4.69) is 40.3 Å². The van der Waals surface area contributed by atoms with Gasteiger partial charge in [-0.2, -0.15) is 0 Å². The molecule has 3 nitrogen and oxygen atoms in total. The van der Waals surface area contributed by atoms with E-state index in [4.69, 9.17) is 4.74 Å². The molecule has 0 saturated carbocycles. The normalized spacial score (nSPS) is 11.0. The van der Waals surface area contributed by atoms with E-state index in [1.807, 2.05) is 30.6 Å². The number of methoxy groups -OCH3 is 1. The van der Waals surface area contributed by atoms with E-state index in [0.29, 0.717) is 0 Å². The quantitative estimate of drug-likeness (QED) is 0.545. The van der Waals surface area contributed by atoms with Crippen molar-refractivity contribution in [3.63, 3.8) is 0 Å². The van der Waals surface area contributed by atoms with E-state index in [-0.39, 0.29) is 0 Å². The Hall–Kier alpha value is -2.94. The molecule has 0 saturated heterocycles. The Balaban J connectivity index is 2.00. The summed E-state index contributed by atoms with van der Waals surface area (Å²) in [6, 6.07) is 16.5. The maximum atomic E-state index is 5.42. The maximum absolute atomic E-state index is 5.42. The van der Waals surface area contributed by atoms with Crippen LogP contribution in [-0.4, -0.2) is 17.1 Å². The number of ether oxygens (including phenoxy) is 1. The van der Waals surface area contributed by atoms with Crippen LogP contribution in [0.15, 0.2) is 67.1 Å². The smallest absolute Gasteiger partial charge is 0.145 e. The van der Waals surface area contributed by atoms with Crippen LogP contribution in [0.25, 0.3) is 32.8 Å². The first-order valence-corrected chi connectivity index (χ1v) is 7.13. The molecule has 0 aliphatic rings. The van der Waals surface area contributed by atoms with Gasteiger partial charge >= 0.3 is 0 Å². The third-order valence-electron chi connectivity index (χ3n) is 3.90. The molecule has 0 spiro atoms. The average Bonchev–Trinajstić information content (AvgIpc) is 2.60. The number of benzene rings is 2. The first-order valence-electron chi connectivity index (χ1n) is 7.13. The molecule has 22 heavy (non-hydrogen) atoms. The van der Waals surface area contributed by atoms with Gasteiger partial charge in [-0.15, -0.1) is 0 Å². The van der Waals surface area contributed by atoms with E-state index in [9.17, 15) is 0 Å². The van der Waals surface area contributed by atoms with Gasteiger partial charge in [0.05, 0.1) is 7.11 Å². The standard InChI is InChI=1S/C19H14N2O/c1-22-18-7-6-16(17-3-2-9-21-19(17)18)14-4-5-15-12-20-10-8-13(15)11-14/h2-12H,1H3. The molecule has 0 radical (unpaired) electrons. The highest BCUT2D eigenvalue weighted by Crippen LogP contribution is 2.34. The number of fused-ring (bicyclic) bond motifs is 2. The van der Waals surface area contributed by atoms with Gasteiger partial charge in [0.1, 0.15) is 11.3 Å². The summed E-state index contributed by atoms with van der Waals surface area (Å²) in [7, 11) is 1.67. The lowest BCUT2D eigenvalue weighted by molar-refractivity contribution is 0.419. The minimum atomic E-state index is 0.796. The fourth-order valence-corrected chi connectivity index (χ4v) is 2.81. The number of pyridine rings is 2. The Kier molecular flexibility index (Phi) is 2.97. The van der Waals surface area contributed by atoms with Gasteiger partial charge in [-0.25, -0.2) is 0 Å². The second kappa shape index (κ2) is 5.11. The Labute approximate surface area is 128 Å². The van der Waals surface area contributed by atoms with Crippen molar-refractivity contribution in [3.8, 4) is 16.9 Å². The van der Waals surface area contributed by atoms with Crippen molar-refractivity contribution in [3.05, 3.63) is 67.1 Å². The number of nitrogens with zero attached hydrogens (tertiary/aromatic N) is 2. The van der Waals surface area contributed by atoms with Crippen molar-refractivity contribution in [1.82, 2.24) is 9.97 Å². The summed E-state index contributed by atoms with van der Waals surface area (Å²) in [6.45, 7) is 0. The summed E-state index contributed by atoms with van der Waals surface area (Å²) in [6.07, 6.45) is 5.49. The first kappa shape index (κ1) is 12.8. The van der Waals surface area contributed by atoms with E-state index in [0.717, 1.165) is 27.6 Å². The molecule has 0 aliphatic heterocycles. The third kappa shape index (κ3) is 1.99. The predicted octanol–water partition coefficient (Wildman–Crippen LogP) is 4.46. The number of rotatable bonds is 2. The van der Waals surface area contributed by atoms with Crippen molar-refractivity contribution in [2.24, 2.45) is 0 Å². The predicted molar refractivity (Wildman–Crippen MR) is 89.0 cm³/mol. The van der Waals surface area contributed by atoms with Crippen LogP contribution < -0.4 is 4.74 Å². The van der Waals surface area contributed by atoms with Crippen LogP contribution in [0.5, 0.6) is 5.75 Å². The zero-order chi connectivity index (χ0) is 14.9. The molecule has 0 N–H and O–H groups in total. The number of hydrogen-bond acceptors (Lipinski definition) is 3. The molecule has 0 aliphatic carbocycles. The molecule has 3 heteroatoms. The van der Waals surface area contributed by atoms with E-state index >= 15 is 0 Å². The maximum Gasteiger partial charge on any atom is 0.145 e. The topological polar surface area (TPSA) is 35.0 Å². The molecule has 4 rings (SSSR count). The van der Waals surface area contributed by atoms with Crippen LogP contribution in [-0.2, 0) is 0 Å². The monoisotopic (exact) mass is 286 g/mol. The van der Waals surface area contributed by atoms with Gasteiger partial charge in [0, 0.05) is 29.4 Å². The molecule has 106 valence electrons. The fourth-order valence-electron chi connectivity index (χ4n) is 2.81. The summed E-state index contributed by atoms with van der Waals surface area (Å²) in [5.41, 5.74) is 3.21. The number of aromatic nitrogens is 2. The zero-order valence-corrected chi connectivity index (χ0v) is 12.2. The van der Waals surface area contributed by atoms with Crippen LogP contribution in [0.4, 0.5) is 0 Å². The first-order chi connectivity index (χ1) is 10.9. The van der Waals surface area contributed by atoms with E-state index in [1.54, 1.807) is 13.3 Å². The summed E-state index contributed by atoms with van der Waals surface area (Å²) in [4.78, 5) is 8.63. The van der Waals surface area contributed by atoms with Crippen LogP contribution in [0.2, 0.25) is 0 Å². The summed E-state index contributed by atoms with van der Waals surface area (Å²) in [5.74, 6) is 0.796. The Bertz CT molecular complexity index is 979. The molecule has 2 aromatic heterocycles. The summed E-state index contributed by atoms with van der Waals surface area (Å²) >= 11 is 0. The van der Waals surface area contributed by atoms with Crippen molar-refractivity contribution in [1.29, 1.82) is 0 Å². The highest BCUT2D eigenvalue weighted by molar-refractivity contribution is 5.99. The van der Waals surface area contributed by atoms with Gasteiger partial charge < -0.3 is 4.74 Å². The third-order valence-corrected chi connectivity index (χ3v) is 3.90. The molecule has 4 aromatic rings. The van der Waals surface area contributed by atoms with Gasteiger partial charge in [-0.3, -0.25) is 9.97 Å². The van der Waals surface area contributed by atoms with Gasteiger partial charge in [0.15, 0.2) is 0 Å². The van der Waals surface area contributed by atoms with Crippen LogP contribution in [0, 0.1) is 0 Å². The van der Waals surface area contributed by atoms with Crippen LogP contribution in [0.3, 0.4) is 0 Å². The molecular formula is C19H14N2O. The second-order valence-corrected chi connectivity index (χ2v) is 5.15. The highest BCUT2D eigenvalue weighted by Gasteiger charge is 2.09. The Morgan fingerprint density at radius 3 is 2.77 bits per heavy atom. The van der Waals surface area contributed by atoms with Gasteiger partial charge in [0.2, 0.25) is 0 Å². The molecule has 2 aromatic carbocycles. The molecule has 0 amide bonds.